The van der Waals surface area contributed by atoms with E-state index in [-0.39, 0.29) is 12.1 Å². The average Bonchev–Trinajstić information content (AvgIpc) is 2.73. The number of unbranched alkanes of at least 4 members (excludes halogenated alkanes) is 12. The van der Waals surface area contributed by atoms with E-state index in [1.54, 1.807) is 32.0 Å². The van der Waals surface area contributed by atoms with Gasteiger partial charge in [-0.1, -0.05) is 90.0 Å². The predicted octanol–water partition coefficient (Wildman–Crippen LogP) is 7.50. The first-order valence-corrected chi connectivity index (χ1v) is 12.0. The van der Waals surface area contributed by atoms with Gasteiger partial charge in [0.05, 0.1) is 23.8 Å². The molecule has 4 nitrogen and oxygen atoms in total. The molecule has 0 aromatic heterocycles. The highest BCUT2D eigenvalue weighted by atomic mass is 16.5. The highest BCUT2D eigenvalue weighted by Crippen LogP contribution is 2.13. The second-order valence-electron chi connectivity index (χ2n) is 8.41. The minimum Gasteiger partial charge on any atom is -0.462 e. The number of carbonyl (C=O) groups excluding carboxylic acids is 2. The molecule has 0 fully saturated rings. The lowest BCUT2D eigenvalue weighted by Gasteiger charge is -2.09. The van der Waals surface area contributed by atoms with Gasteiger partial charge in [0, 0.05) is 0 Å². The lowest BCUT2D eigenvalue weighted by atomic mass is 10.0. The first-order valence-electron chi connectivity index (χ1n) is 12.0. The summed E-state index contributed by atoms with van der Waals surface area (Å²) in [5.74, 6) is -0.802. The van der Waals surface area contributed by atoms with Gasteiger partial charge in [-0.15, -0.1) is 0 Å². The van der Waals surface area contributed by atoms with Crippen LogP contribution in [-0.4, -0.2) is 24.6 Å². The molecule has 1 aromatic rings. The summed E-state index contributed by atoms with van der Waals surface area (Å²) < 4.78 is 10.5. The van der Waals surface area contributed by atoms with Crippen molar-refractivity contribution in [1.29, 1.82) is 0 Å². The normalized spacial score (nSPS) is 10.9. The van der Waals surface area contributed by atoms with Crippen molar-refractivity contribution in [3.05, 3.63) is 35.4 Å². The minimum absolute atomic E-state index is 0.191. The summed E-state index contributed by atoms with van der Waals surface area (Å²) in [4.78, 5) is 24.1. The lowest BCUT2D eigenvalue weighted by molar-refractivity contribution is 0.0378. The molecule has 0 unspecified atom stereocenters. The Bertz CT molecular complexity index is 594. The van der Waals surface area contributed by atoms with Crippen molar-refractivity contribution in [2.24, 2.45) is 0 Å². The second kappa shape index (κ2) is 16.9. The molecule has 0 bridgehead atoms. The van der Waals surface area contributed by atoms with E-state index >= 15 is 0 Å². The van der Waals surface area contributed by atoms with E-state index in [9.17, 15) is 9.59 Å². The van der Waals surface area contributed by atoms with Gasteiger partial charge >= 0.3 is 11.9 Å². The first-order chi connectivity index (χ1) is 14.5. The molecule has 4 heteroatoms. The molecule has 0 aliphatic rings. The van der Waals surface area contributed by atoms with Crippen LogP contribution in [0.2, 0.25) is 0 Å². The molecule has 0 aliphatic heterocycles. The van der Waals surface area contributed by atoms with E-state index in [1.807, 2.05) is 0 Å². The van der Waals surface area contributed by atoms with Crippen LogP contribution in [-0.2, 0) is 9.47 Å². The topological polar surface area (TPSA) is 52.6 Å². The molecule has 0 saturated heterocycles. The third-order valence-corrected chi connectivity index (χ3v) is 5.16. The standard InChI is InChI=1S/C26H42O4/c1-4-5-6-7-8-9-10-11-12-13-14-15-16-20-29-25(27)23-18-17-19-24(21-23)26(28)30-22(2)3/h17-19,21-22H,4-16,20H2,1-3H3. The Morgan fingerprint density at radius 2 is 1.20 bits per heavy atom. The van der Waals surface area contributed by atoms with Crippen molar-refractivity contribution >= 4 is 11.9 Å². The summed E-state index contributed by atoms with van der Waals surface area (Å²) >= 11 is 0. The van der Waals surface area contributed by atoms with Crippen LogP contribution in [0.3, 0.4) is 0 Å². The summed E-state index contributed by atoms with van der Waals surface area (Å²) in [5, 5.41) is 0. The predicted molar refractivity (Wildman–Crippen MR) is 123 cm³/mol. The van der Waals surface area contributed by atoms with Crippen LogP contribution in [0.5, 0.6) is 0 Å². The quantitative estimate of drug-likeness (QED) is 0.194. The molecule has 30 heavy (non-hydrogen) atoms. The zero-order valence-electron chi connectivity index (χ0n) is 19.4. The van der Waals surface area contributed by atoms with Crippen molar-refractivity contribution in [3.63, 3.8) is 0 Å². The molecule has 0 N–H and O–H groups in total. The van der Waals surface area contributed by atoms with Crippen LogP contribution in [0.1, 0.15) is 125 Å². The molecule has 0 saturated carbocycles. The molecule has 0 spiro atoms. The largest absolute Gasteiger partial charge is 0.462 e. The third-order valence-electron chi connectivity index (χ3n) is 5.16. The van der Waals surface area contributed by atoms with Gasteiger partial charge in [0.1, 0.15) is 0 Å². The molecule has 0 radical (unpaired) electrons. The summed E-state index contributed by atoms with van der Waals surface area (Å²) in [5.41, 5.74) is 0.766. The summed E-state index contributed by atoms with van der Waals surface area (Å²) in [6.45, 7) is 6.28. The molecule has 0 heterocycles. The number of carbonyl (C=O) groups is 2. The monoisotopic (exact) mass is 418 g/mol. The van der Waals surface area contributed by atoms with E-state index in [2.05, 4.69) is 6.92 Å². The Morgan fingerprint density at radius 1 is 0.733 bits per heavy atom. The van der Waals surface area contributed by atoms with Gasteiger partial charge < -0.3 is 9.47 Å². The number of rotatable bonds is 17. The van der Waals surface area contributed by atoms with Gasteiger partial charge in [0.15, 0.2) is 0 Å². The fraction of sp³-hybridized carbons (Fsp3) is 0.692. The molecule has 0 aliphatic carbocycles. The first kappa shape index (κ1) is 26.2. The highest BCUT2D eigenvalue weighted by molar-refractivity contribution is 5.95. The van der Waals surface area contributed by atoms with E-state index in [4.69, 9.17) is 9.47 Å². The zero-order chi connectivity index (χ0) is 22.0. The Labute approximate surface area is 183 Å². The number of esters is 2. The summed E-state index contributed by atoms with van der Waals surface area (Å²) in [6, 6.07) is 6.53. The zero-order valence-corrected chi connectivity index (χ0v) is 19.4. The maximum atomic E-state index is 12.2. The SMILES string of the molecule is CCCCCCCCCCCCCCCOC(=O)c1cccc(C(=O)OC(C)C)c1. The van der Waals surface area contributed by atoms with Crippen LogP contribution in [0.25, 0.3) is 0 Å². The highest BCUT2D eigenvalue weighted by Gasteiger charge is 2.13. The smallest absolute Gasteiger partial charge is 0.338 e. The van der Waals surface area contributed by atoms with E-state index in [0.717, 1.165) is 12.8 Å². The van der Waals surface area contributed by atoms with Gasteiger partial charge in [-0.3, -0.25) is 0 Å². The maximum absolute atomic E-state index is 12.2. The van der Waals surface area contributed by atoms with Crippen LogP contribution in [0.4, 0.5) is 0 Å². The molecule has 0 amide bonds. The van der Waals surface area contributed by atoms with Crippen LogP contribution < -0.4 is 0 Å². The van der Waals surface area contributed by atoms with E-state index < -0.39 is 5.97 Å². The minimum atomic E-state index is -0.420. The molecular formula is C26H42O4. The number of ether oxygens (including phenoxy) is 2. The van der Waals surface area contributed by atoms with Crippen molar-refractivity contribution in [1.82, 2.24) is 0 Å². The fourth-order valence-electron chi connectivity index (χ4n) is 3.42. The Hall–Kier alpha value is -1.84. The van der Waals surface area contributed by atoms with Crippen LogP contribution >= 0.6 is 0 Å². The molecule has 1 rings (SSSR count). The van der Waals surface area contributed by atoms with Gasteiger partial charge in [-0.05, 0) is 38.5 Å². The van der Waals surface area contributed by atoms with Crippen molar-refractivity contribution in [3.8, 4) is 0 Å². The Kier molecular flexibility index (Phi) is 14.8. The summed E-state index contributed by atoms with van der Waals surface area (Å²) in [7, 11) is 0. The molecule has 170 valence electrons. The van der Waals surface area contributed by atoms with Crippen molar-refractivity contribution in [2.75, 3.05) is 6.61 Å². The van der Waals surface area contributed by atoms with Crippen molar-refractivity contribution in [2.45, 2.75) is 110 Å². The van der Waals surface area contributed by atoms with Crippen molar-refractivity contribution < 1.29 is 19.1 Å². The van der Waals surface area contributed by atoms with E-state index in [1.165, 1.54) is 76.7 Å². The van der Waals surface area contributed by atoms with Crippen LogP contribution in [0.15, 0.2) is 24.3 Å². The van der Waals surface area contributed by atoms with Gasteiger partial charge in [-0.25, -0.2) is 9.59 Å². The summed E-state index contributed by atoms with van der Waals surface area (Å²) in [6.07, 6.45) is 16.6. The lowest BCUT2D eigenvalue weighted by Crippen LogP contribution is -2.13. The number of benzene rings is 1. The Morgan fingerprint density at radius 3 is 1.70 bits per heavy atom. The van der Waals surface area contributed by atoms with Crippen LogP contribution in [0, 0.1) is 0 Å². The maximum Gasteiger partial charge on any atom is 0.338 e. The van der Waals surface area contributed by atoms with E-state index in [0.29, 0.717) is 17.7 Å². The number of hydrogen-bond donors (Lipinski definition) is 0. The third kappa shape index (κ3) is 12.7. The van der Waals surface area contributed by atoms with Gasteiger partial charge in [-0.2, -0.15) is 0 Å². The molecule has 0 atom stereocenters. The second-order valence-corrected chi connectivity index (χ2v) is 8.41. The molecule has 1 aromatic carbocycles. The molecular weight excluding hydrogens is 376 g/mol. The average molecular weight is 419 g/mol. The fourth-order valence-corrected chi connectivity index (χ4v) is 3.42. The van der Waals surface area contributed by atoms with Gasteiger partial charge in [0.2, 0.25) is 0 Å². The van der Waals surface area contributed by atoms with Gasteiger partial charge in [0.25, 0.3) is 0 Å². The Balaban J connectivity index is 2.05. The number of hydrogen-bond acceptors (Lipinski definition) is 4.